The van der Waals surface area contributed by atoms with Crippen LogP contribution < -0.4 is 10.2 Å². The number of carbonyl (C=O) groups is 2. The molecule has 1 aliphatic heterocycles. The monoisotopic (exact) mass is 346 g/mol. The van der Waals surface area contributed by atoms with Crippen molar-refractivity contribution in [3.63, 3.8) is 0 Å². The van der Waals surface area contributed by atoms with E-state index >= 15 is 0 Å². The van der Waals surface area contributed by atoms with Crippen LogP contribution in [-0.4, -0.2) is 30.0 Å². The van der Waals surface area contributed by atoms with Gasteiger partial charge in [-0.15, -0.1) is 0 Å². The van der Waals surface area contributed by atoms with Crippen LogP contribution >= 0.6 is 0 Å². The van der Waals surface area contributed by atoms with E-state index in [0.717, 1.165) is 6.42 Å². The Hall–Kier alpha value is -2.67. The average Bonchev–Trinajstić information content (AvgIpc) is 3.25. The van der Waals surface area contributed by atoms with Crippen LogP contribution in [0.25, 0.3) is 0 Å². The number of carbonyl (C=O) groups excluding carboxylic acids is 2. The van der Waals surface area contributed by atoms with Gasteiger partial charge in [0.2, 0.25) is 5.91 Å². The Bertz CT molecular complexity index is 786. The van der Waals surface area contributed by atoms with E-state index in [0.29, 0.717) is 24.4 Å². The van der Waals surface area contributed by atoms with E-state index < -0.39 is 17.3 Å². The van der Waals surface area contributed by atoms with Gasteiger partial charge in [0.25, 0.3) is 5.91 Å². The van der Waals surface area contributed by atoms with Crippen molar-refractivity contribution in [1.82, 2.24) is 5.32 Å². The van der Waals surface area contributed by atoms with Gasteiger partial charge in [-0.25, -0.2) is 4.39 Å². The van der Waals surface area contributed by atoms with Crippen molar-refractivity contribution in [2.75, 3.05) is 18.0 Å². The molecule has 0 spiro atoms. The molecular weight excluding hydrogens is 327 g/mol. The predicted octanol–water partition coefficient (Wildman–Crippen LogP) is 2.18. The molecule has 0 bridgehead atoms. The zero-order chi connectivity index (χ0) is 18.0. The molecule has 2 heterocycles. The third-order valence-electron chi connectivity index (χ3n) is 4.22. The van der Waals surface area contributed by atoms with E-state index in [1.165, 1.54) is 36.3 Å². The van der Waals surface area contributed by atoms with E-state index in [1.54, 1.807) is 12.1 Å². The van der Waals surface area contributed by atoms with E-state index in [-0.39, 0.29) is 18.0 Å². The molecule has 1 atom stereocenters. The molecule has 2 aromatic rings. The maximum Gasteiger partial charge on any atom is 0.254 e. The number of furan rings is 1. The Morgan fingerprint density at radius 2 is 2.24 bits per heavy atom. The van der Waals surface area contributed by atoms with Gasteiger partial charge >= 0.3 is 0 Å². The van der Waals surface area contributed by atoms with Gasteiger partial charge in [0, 0.05) is 18.7 Å². The number of anilines is 1. The predicted molar refractivity (Wildman–Crippen MR) is 88.6 cm³/mol. The lowest BCUT2D eigenvalue weighted by atomic mass is 10.0. The quantitative estimate of drug-likeness (QED) is 0.869. The lowest BCUT2D eigenvalue weighted by molar-refractivity contribution is -0.117. The molecule has 2 N–H and O–H groups in total. The standard InChI is InChI=1S/C18H19FN2O4/c1-18(24,15-4-3-9-25-15)11-20-17(23)13-10-12(6-7-14(13)19)21-8-2-5-16(21)22/h3-4,6-7,9-10,24H,2,5,8,11H2,1H3,(H,20,23). The Labute approximate surface area is 144 Å². The normalized spacial score (nSPS) is 16.8. The van der Waals surface area contributed by atoms with E-state index in [2.05, 4.69) is 5.32 Å². The van der Waals surface area contributed by atoms with Gasteiger partial charge in [-0.1, -0.05) is 0 Å². The van der Waals surface area contributed by atoms with Gasteiger partial charge in [-0.05, 0) is 43.7 Å². The Balaban J connectivity index is 1.74. The first-order chi connectivity index (χ1) is 11.9. The lowest BCUT2D eigenvalue weighted by Crippen LogP contribution is -2.38. The summed E-state index contributed by atoms with van der Waals surface area (Å²) in [5.74, 6) is -1.10. The molecule has 0 radical (unpaired) electrons. The highest BCUT2D eigenvalue weighted by Gasteiger charge is 2.28. The van der Waals surface area contributed by atoms with Crippen LogP contribution in [0.15, 0.2) is 41.0 Å². The van der Waals surface area contributed by atoms with E-state index in [1.807, 2.05) is 0 Å². The summed E-state index contributed by atoms with van der Waals surface area (Å²) in [6.45, 7) is 1.90. The minimum atomic E-state index is -1.42. The second kappa shape index (κ2) is 6.68. The summed E-state index contributed by atoms with van der Waals surface area (Å²) in [7, 11) is 0. The molecule has 1 fully saturated rings. The van der Waals surface area contributed by atoms with Gasteiger partial charge in [-0.3, -0.25) is 9.59 Å². The van der Waals surface area contributed by atoms with Gasteiger partial charge in [0.15, 0.2) is 0 Å². The van der Waals surface area contributed by atoms with E-state index in [9.17, 15) is 19.1 Å². The second-order valence-electron chi connectivity index (χ2n) is 6.25. The van der Waals surface area contributed by atoms with Crippen LogP contribution in [0, 0.1) is 5.82 Å². The minimum Gasteiger partial charge on any atom is -0.466 e. The summed E-state index contributed by atoms with van der Waals surface area (Å²) in [5.41, 5.74) is -1.10. The fraction of sp³-hybridized carbons (Fsp3) is 0.333. The summed E-state index contributed by atoms with van der Waals surface area (Å²) in [4.78, 5) is 25.7. The average molecular weight is 346 g/mol. The highest BCUT2D eigenvalue weighted by atomic mass is 19.1. The van der Waals surface area contributed by atoms with Crippen molar-refractivity contribution >= 4 is 17.5 Å². The lowest BCUT2D eigenvalue weighted by Gasteiger charge is -2.21. The van der Waals surface area contributed by atoms with Crippen LogP contribution in [0.1, 0.15) is 35.9 Å². The van der Waals surface area contributed by atoms with Crippen LogP contribution in [0.4, 0.5) is 10.1 Å². The van der Waals surface area contributed by atoms with Gasteiger partial charge in [0.05, 0.1) is 18.4 Å². The number of nitrogens with one attached hydrogen (secondary N) is 1. The molecular formula is C18H19FN2O4. The maximum atomic E-state index is 14.1. The first-order valence-corrected chi connectivity index (χ1v) is 8.03. The highest BCUT2D eigenvalue weighted by Crippen LogP contribution is 2.24. The molecule has 3 rings (SSSR count). The number of nitrogens with zero attached hydrogens (tertiary/aromatic N) is 1. The van der Waals surface area contributed by atoms with Crippen LogP contribution in [0.3, 0.4) is 0 Å². The topological polar surface area (TPSA) is 82.8 Å². The largest absolute Gasteiger partial charge is 0.466 e. The highest BCUT2D eigenvalue weighted by molar-refractivity contribution is 5.99. The van der Waals surface area contributed by atoms with E-state index in [4.69, 9.17) is 4.42 Å². The molecule has 7 heteroatoms. The summed E-state index contributed by atoms with van der Waals surface area (Å²) in [5, 5.41) is 12.9. The first kappa shape index (κ1) is 17.2. The molecule has 0 saturated carbocycles. The molecule has 1 saturated heterocycles. The number of aliphatic hydroxyl groups is 1. The third-order valence-corrected chi connectivity index (χ3v) is 4.22. The van der Waals surface area contributed by atoms with Crippen molar-refractivity contribution in [3.05, 3.63) is 53.7 Å². The maximum absolute atomic E-state index is 14.1. The van der Waals surface area contributed by atoms with Crippen molar-refractivity contribution < 1.29 is 23.5 Å². The second-order valence-corrected chi connectivity index (χ2v) is 6.25. The Morgan fingerprint density at radius 3 is 2.88 bits per heavy atom. The smallest absolute Gasteiger partial charge is 0.254 e. The summed E-state index contributed by atoms with van der Waals surface area (Å²) < 4.78 is 19.2. The van der Waals surface area contributed by atoms with Crippen molar-refractivity contribution in [2.45, 2.75) is 25.4 Å². The summed E-state index contributed by atoms with van der Waals surface area (Å²) >= 11 is 0. The Kier molecular flexibility index (Phi) is 4.59. The molecule has 25 heavy (non-hydrogen) atoms. The number of halogens is 1. The summed E-state index contributed by atoms with van der Waals surface area (Å²) in [6.07, 6.45) is 2.61. The number of benzene rings is 1. The first-order valence-electron chi connectivity index (χ1n) is 8.03. The van der Waals surface area contributed by atoms with Gasteiger partial charge in [-0.2, -0.15) is 0 Å². The summed E-state index contributed by atoms with van der Waals surface area (Å²) in [6, 6.07) is 7.22. The molecule has 1 aliphatic rings. The van der Waals surface area contributed by atoms with Crippen molar-refractivity contribution in [1.29, 1.82) is 0 Å². The Morgan fingerprint density at radius 1 is 1.44 bits per heavy atom. The van der Waals surface area contributed by atoms with Gasteiger partial charge < -0.3 is 19.7 Å². The zero-order valence-electron chi connectivity index (χ0n) is 13.8. The fourth-order valence-electron chi connectivity index (χ4n) is 2.80. The number of rotatable bonds is 5. The van der Waals surface area contributed by atoms with Crippen molar-refractivity contribution in [3.8, 4) is 0 Å². The van der Waals surface area contributed by atoms with Crippen LogP contribution in [-0.2, 0) is 10.4 Å². The molecule has 1 unspecified atom stereocenters. The molecule has 2 amide bonds. The molecule has 6 nitrogen and oxygen atoms in total. The minimum absolute atomic E-state index is 0.0429. The number of hydrogen-bond acceptors (Lipinski definition) is 4. The van der Waals surface area contributed by atoms with Crippen LogP contribution in [0.5, 0.6) is 0 Å². The molecule has 1 aromatic heterocycles. The van der Waals surface area contributed by atoms with Crippen LogP contribution in [0.2, 0.25) is 0 Å². The van der Waals surface area contributed by atoms with Gasteiger partial charge in [0.1, 0.15) is 17.2 Å². The molecule has 0 aliphatic carbocycles. The zero-order valence-corrected chi connectivity index (χ0v) is 13.8. The number of hydrogen-bond donors (Lipinski definition) is 2. The third kappa shape index (κ3) is 3.56. The van der Waals surface area contributed by atoms with Crippen molar-refractivity contribution in [2.24, 2.45) is 0 Å². The fourth-order valence-corrected chi connectivity index (χ4v) is 2.80. The number of amides is 2. The molecule has 132 valence electrons. The SMILES string of the molecule is CC(O)(CNC(=O)c1cc(N2CCCC2=O)ccc1F)c1ccco1. The molecule has 1 aromatic carbocycles.